The number of hydrogen-bond donors (Lipinski definition) is 0. The predicted octanol–water partition coefficient (Wildman–Crippen LogP) is 29.4. The van der Waals surface area contributed by atoms with Crippen LogP contribution in [0.3, 0.4) is 0 Å². The first-order valence-corrected chi connectivity index (χ1v) is 37.6. The molecule has 0 fully saturated rings. The number of rotatable bonds is 8. The highest BCUT2D eigenvalue weighted by Crippen LogP contribution is 2.47. The van der Waals surface area contributed by atoms with Gasteiger partial charge in [-0.15, -0.1) is 0 Å². The Balaban J connectivity index is 1.25. The highest BCUT2D eigenvalue weighted by Gasteiger charge is 2.29. The first kappa shape index (κ1) is 74.2. The SMILES string of the molecule is CC(C)(C)c1cc(-c2cc(-c3cc(C(C)(C)C)cc(C(C)(C)C)c3)cc(-c3ccc4c(c3)c3cc(-c5cc(-c6cc(C(C)(C)C)cc(C(C)(C)C)c6)cc(-c6cc(C(C)(C)C)cc(C(C)(C)C)c6)c5)ccc3n4-c3ccccc3-c3cc(C(C)(C)C)cc(C(C)(C)C)c3)c2)cc(C(C)(C)C)c1. The molecule has 0 saturated carbocycles. The van der Waals surface area contributed by atoms with E-state index in [1.165, 1.54) is 155 Å². The van der Waals surface area contributed by atoms with Crippen LogP contribution >= 0.6 is 0 Å². The van der Waals surface area contributed by atoms with E-state index in [4.69, 9.17) is 0 Å². The van der Waals surface area contributed by atoms with Crippen LogP contribution in [0, 0.1) is 0 Å². The average molecular weight is 1340 g/mol. The van der Waals surface area contributed by atoms with Gasteiger partial charge >= 0.3 is 0 Å². The summed E-state index contributed by atoms with van der Waals surface area (Å²) in [4.78, 5) is 0. The zero-order valence-electron chi connectivity index (χ0n) is 67.8. The van der Waals surface area contributed by atoms with E-state index in [1.807, 2.05) is 0 Å². The molecule has 0 aliphatic heterocycles. The molecular formula is C100H121N. The van der Waals surface area contributed by atoms with Gasteiger partial charge in [0.1, 0.15) is 0 Å². The number of fused-ring (bicyclic) bond motifs is 3. The van der Waals surface area contributed by atoms with E-state index >= 15 is 0 Å². The minimum Gasteiger partial charge on any atom is -0.309 e. The molecule has 0 amide bonds. The summed E-state index contributed by atoms with van der Waals surface area (Å²) in [5, 5.41) is 2.43. The topological polar surface area (TPSA) is 4.93 Å². The molecule has 0 bridgehead atoms. The molecule has 0 aliphatic carbocycles. The highest BCUT2D eigenvalue weighted by atomic mass is 15.0. The van der Waals surface area contributed by atoms with Gasteiger partial charge in [-0.3, -0.25) is 0 Å². The van der Waals surface area contributed by atoms with Crippen LogP contribution in [0.2, 0.25) is 0 Å². The maximum atomic E-state index is 2.58. The summed E-state index contributed by atoms with van der Waals surface area (Å²) in [6.45, 7) is 70.6. The summed E-state index contributed by atoms with van der Waals surface area (Å²) >= 11 is 0. The Bertz CT molecular complexity index is 4380. The third-order valence-corrected chi connectivity index (χ3v) is 21.4. The van der Waals surface area contributed by atoms with Crippen molar-refractivity contribution in [3.05, 3.63) is 244 Å². The van der Waals surface area contributed by atoms with Crippen LogP contribution in [0.15, 0.2) is 188 Å². The molecule has 11 aromatic rings. The maximum absolute atomic E-state index is 2.58. The molecule has 1 nitrogen and oxygen atoms in total. The standard InChI is InChI=1S/C100H121N/c1-91(2,3)75-45-70(46-76(57-75)92(4,5)6)66-39-64(40-67(43-66)71-47-77(93(7,8)9)58-78(48-71)94(10,11)12)62-35-37-89-86(55-62)87-56-63(36-38-90(87)101(89)88-34-32-31-33-85(88)74-53-83(99(25,26)27)61-84(54-74)100(28,29)30)65-41-68(72-49-79(95(13,14)15)59-80(50-72)96(16,17)18)44-69(42-65)73-51-81(97(19,20)21)60-82(52-73)98(22,23)24/h31-61H,1-30H3. The van der Waals surface area contributed by atoms with Gasteiger partial charge in [0.2, 0.25) is 0 Å². The molecule has 0 aliphatic rings. The van der Waals surface area contributed by atoms with E-state index < -0.39 is 0 Å². The minimum absolute atomic E-state index is 0.0524. The second-order valence-corrected chi connectivity index (χ2v) is 40.4. The van der Waals surface area contributed by atoms with Crippen LogP contribution in [0.5, 0.6) is 0 Å². The molecule has 0 saturated heterocycles. The lowest BCUT2D eigenvalue weighted by Gasteiger charge is -2.27. The molecule has 1 heterocycles. The van der Waals surface area contributed by atoms with Gasteiger partial charge in [0.25, 0.3) is 0 Å². The highest BCUT2D eigenvalue weighted by molar-refractivity contribution is 6.12. The van der Waals surface area contributed by atoms with E-state index in [0.717, 1.165) is 5.69 Å². The third-order valence-electron chi connectivity index (χ3n) is 21.4. The lowest BCUT2D eigenvalue weighted by atomic mass is 9.77. The summed E-state index contributed by atoms with van der Waals surface area (Å²) in [5.74, 6) is 0. The molecule has 0 atom stereocenters. The van der Waals surface area contributed by atoms with Gasteiger partial charge < -0.3 is 4.57 Å². The lowest BCUT2D eigenvalue weighted by Crippen LogP contribution is -2.16. The quantitative estimate of drug-likeness (QED) is 0.143. The summed E-state index contributed by atoms with van der Waals surface area (Å²) in [7, 11) is 0. The van der Waals surface area contributed by atoms with Gasteiger partial charge in [0.05, 0.1) is 16.7 Å². The maximum Gasteiger partial charge on any atom is 0.0541 e. The number of aromatic nitrogens is 1. The van der Waals surface area contributed by atoms with Gasteiger partial charge in [0, 0.05) is 16.3 Å². The molecule has 1 heteroatoms. The minimum atomic E-state index is -0.0536. The lowest BCUT2D eigenvalue weighted by molar-refractivity contribution is 0.568. The monoisotopic (exact) mass is 1340 g/mol. The third kappa shape index (κ3) is 15.8. The number of para-hydroxylation sites is 1. The molecule has 0 spiro atoms. The smallest absolute Gasteiger partial charge is 0.0541 e. The second kappa shape index (κ2) is 25.5. The van der Waals surface area contributed by atoms with Crippen LogP contribution in [-0.2, 0) is 54.1 Å². The van der Waals surface area contributed by atoms with Crippen molar-refractivity contribution >= 4 is 21.8 Å². The number of nitrogens with zero attached hydrogens (tertiary/aromatic N) is 1. The Kier molecular flexibility index (Phi) is 18.7. The molecule has 526 valence electrons. The Hall–Kier alpha value is -8.00. The fourth-order valence-electron chi connectivity index (χ4n) is 14.1. The molecule has 10 aromatic carbocycles. The normalized spacial score (nSPS) is 13.4. The van der Waals surface area contributed by atoms with Crippen molar-refractivity contribution in [3.63, 3.8) is 0 Å². The fraction of sp³-hybridized carbons (Fsp3) is 0.400. The zero-order chi connectivity index (χ0) is 74.2. The summed E-state index contributed by atoms with van der Waals surface area (Å²) in [6.07, 6.45) is 0. The van der Waals surface area contributed by atoms with Gasteiger partial charge in [0.15, 0.2) is 0 Å². The van der Waals surface area contributed by atoms with E-state index in [-0.39, 0.29) is 54.1 Å². The summed E-state index contributed by atoms with van der Waals surface area (Å²) < 4.78 is 2.58. The molecular weight excluding hydrogens is 1220 g/mol. The Morgan fingerprint density at radius 2 is 0.356 bits per heavy atom. The van der Waals surface area contributed by atoms with Crippen LogP contribution < -0.4 is 0 Å². The van der Waals surface area contributed by atoms with Crippen molar-refractivity contribution in [2.24, 2.45) is 0 Å². The fourth-order valence-corrected chi connectivity index (χ4v) is 14.1. The average Bonchev–Trinajstić information content (AvgIpc) is 1.61. The molecule has 0 N–H and O–H groups in total. The van der Waals surface area contributed by atoms with E-state index in [0.29, 0.717) is 0 Å². The van der Waals surface area contributed by atoms with Crippen molar-refractivity contribution in [1.82, 2.24) is 4.57 Å². The van der Waals surface area contributed by atoms with Crippen molar-refractivity contribution in [2.45, 2.75) is 262 Å². The number of hydrogen-bond acceptors (Lipinski definition) is 0. The zero-order valence-corrected chi connectivity index (χ0v) is 67.8. The molecule has 101 heavy (non-hydrogen) atoms. The van der Waals surface area contributed by atoms with Crippen LogP contribution in [0.1, 0.15) is 263 Å². The summed E-state index contributed by atoms with van der Waals surface area (Å²) in [6, 6.07) is 75.7. The van der Waals surface area contributed by atoms with Crippen LogP contribution in [0.25, 0.3) is 105 Å². The van der Waals surface area contributed by atoms with Gasteiger partial charge in [-0.05, 0) is 249 Å². The van der Waals surface area contributed by atoms with Gasteiger partial charge in [-0.1, -0.05) is 329 Å². The molecule has 11 rings (SSSR count). The first-order valence-electron chi connectivity index (χ1n) is 37.6. The van der Waals surface area contributed by atoms with Crippen molar-refractivity contribution in [3.8, 4) is 83.6 Å². The van der Waals surface area contributed by atoms with Crippen molar-refractivity contribution in [1.29, 1.82) is 0 Å². The van der Waals surface area contributed by atoms with Crippen LogP contribution in [-0.4, -0.2) is 4.57 Å². The molecule has 1 aromatic heterocycles. The Morgan fingerprint density at radius 1 is 0.168 bits per heavy atom. The Labute approximate surface area is 611 Å². The molecule has 0 unspecified atom stereocenters. The predicted molar refractivity (Wildman–Crippen MR) is 446 cm³/mol. The largest absolute Gasteiger partial charge is 0.309 e. The Morgan fingerprint density at radius 3 is 0.574 bits per heavy atom. The summed E-state index contributed by atoms with van der Waals surface area (Å²) in [5.41, 5.74) is 33.5. The van der Waals surface area contributed by atoms with Crippen molar-refractivity contribution < 1.29 is 0 Å². The first-order chi connectivity index (χ1) is 46.3. The van der Waals surface area contributed by atoms with Gasteiger partial charge in [-0.25, -0.2) is 0 Å². The van der Waals surface area contributed by atoms with Gasteiger partial charge in [-0.2, -0.15) is 0 Å². The van der Waals surface area contributed by atoms with Crippen molar-refractivity contribution in [2.75, 3.05) is 0 Å². The number of benzene rings is 10. The van der Waals surface area contributed by atoms with E-state index in [9.17, 15) is 0 Å². The van der Waals surface area contributed by atoms with E-state index in [2.05, 4.69) is 400 Å². The van der Waals surface area contributed by atoms with Crippen LogP contribution in [0.4, 0.5) is 0 Å². The molecule has 0 radical (unpaired) electrons. The van der Waals surface area contributed by atoms with E-state index in [1.54, 1.807) is 0 Å². The second-order valence-electron chi connectivity index (χ2n) is 40.4.